The molecule has 1 aliphatic carbocycles. The van der Waals surface area contributed by atoms with Gasteiger partial charge in [-0.25, -0.2) is 0 Å². The lowest BCUT2D eigenvalue weighted by molar-refractivity contribution is -0.114. The van der Waals surface area contributed by atoms with Gasteiger partial charge in [-0.3, -0.25) is 4.79 Å². The zero-order valence-electron chi connectivity index (χ0n) is 10.6. The fourth-order valence-corrected chi connectivity index (χ4v) is 3.14. The van der Waals surface area contributed by atoms with Gasteiger partial charge in [0.25, 0.3) is 0 Å². The fraction of sp³-hybridized carbons (Fsp3) is 0.400. The summed E-state index contributed by atoms with van der Waals surface area (Å²) in [6.45, 7) is 0.984. The molecule has 1 fully saturated rings. The highest BCUT2D eigenvalue weighted by Gasteiger charge is 2.43. The SMILES string of the molecule is COc1ccccc1N1CCCC12C=CC(=O)C2. The molecule has 0 aromatic heterocycles. The second kappa shape index (κ2) is 4.16. The molecule has 1 aliphatic heterocycles. The van der Waals surface area contributed by atoms with Gasteiger partial charge in [-0.1, -0.05) is 18.2 Å². The third-order valence-electron chi connectivity index (χ3n) is 3.96. The minimum atomic E-state index is -0.105. The molecule has 1 saturated heterocycles. The first-order chi connectivity index (χ1) is 8.75. The van der Waals surface area contributed by atoms with Crippen molar-refractivity contribution in [1.82, 2.24) is 0 Å². The molecule has 1 aromatic carbocycles. The van der Waals surface area contributed by atoms with Crippen molar-refractivity contribution in [3.05, 3.63) is 36.4 Å². The van der Waals surface area contributed by atoms with Crippen LogP contribution in [0.2, 0.25) is 0 Å². The zero-order chi connectivity index (χ0) is 12.6. The minimum Gasteiger partial charge on any atom is -0.495 e. The Morgan fingerprint density at radius 3 is 2.89 bits per heavy atom. The molecule has 0 bridgehead atoms. The predicted molar refractivity (Wildman–Crippen MR) is 71.1 cm³/mol. The number of ketones is 1. The molecule has 94 valence electrons. The van der Waals surface area contributed by atoms with Crippen LogP contribution in [-0.2, 0) is 4.79 Å². The Labute approximate surface area is 107 Å². The summed E-state index contributed by atoms with van der Waals surface area (Å²) in [6.07, 6.45) is 6.58. The Morgan fingerprint density at radius 2 is 2.17 bits per heavy atom. The maximum Gasteiger partial charge on any atom is 0.158 e. The first-order valence-corrected chi connectivity index (χ1v) is 6.38. The van der Waals surface area contributed by atoms with Crippen LogP contribution in [0.1, 0.15) is 19.3 Å². The van der Waals surface area contributed by atoms with E-state index in [0.29, 0.717) is 6.42 Å². The van der Waals surface area contributed by atoms with Gasteiger partial charge in [0.15, 0.2) is 5.78 Å². The second-order valence-electron chi connectivity index (χ2n) is 5.01. The standard InChI is InChI=1S/C15H17NO2/c1-18-14-6-3-2-5-13(14)16-10-4-8-15(16)9-7-12(17)11-15/h2-3,5-7,9H,4,8,10-11H2,1H3. The molecule has 3 nitrogen and oxygen atoms in total. The van der Waals surface area contributed by atoms with Gasteiger partial charge >= 0.3 is 0 Å². The van der Waals surface area contributed by atoms with Crippen molar-refractivity contribution in [2.45, 2.75) is 24.8 Å². The molecule has 0 N–H and O–H groups in total. The first kappa shape index (κ1) is 11.3. The lowest BCUT2D eigenvalue weighted by atomic mass is 9.95. The number of nitrogens with zero attached hydrogens (tertiary/aromatic N) is 1. The minimum absolute atomic E-state index is 0.105. The van der Waals surface area contributed by atoms with E-state index in [-0.39, 0.29) is 11.3 Å². The lowest BCUT2D eigenvalue weighted by Gasteiger charge is -2.35. The Kier molecular flexibility index (Phi) is 2.62. The van der Waals surface area contributed by atoms with Crippen molar-refractivity contribution >= 4 is 11.5 Å². The van der Waals surface area contributed by atoms with Crippen LogP contribution in [0, 0.1) is 0 Å². The number of hydrogen-bond acceptors (Lipinski definition) is 3. The quantitative estimate of drug-likeness (QED) is 0.799. The number of carbonyl (C=O) groups is 1. The summed E-state index contributed by atoms with van der Waals surface area (Å²) in [5.41, 5.74) is 0.989. The van der Waals surface area contributed by atoms with Gasteiger partial charge in [0.1, 0.15) is 5.75 Å². The highest BCUT2D eigenvalue weighted by Crippen LogP contribution is 2.43. The van der Waals surface area contributed by atoms with Crippen molar-refractivity contribution in [1.29, 1.82) is 0 Å². The van der Waals surface area contributed by atoms with E-state index in [1.807, 2.05) is 18.2 Å². The van der Waals surface area contributed by atoms with Gasteiger partial charge in [0.2, 0.25) is 0 Å². The Hall–Kier alpha value is -1.77. The number of allylic oxidation sites excluding steroid dienone is 1. The first-order valence-electron chi connectivity index (χ1n) is 6.38. The Balaban J connectivity index is 2.01. The summed E-state index contributed by atoms with van der Waals surface area (Å²) in [5, 5.41) is 0. The molecule has 2 aliphatic rings. The number of anilines is 1. The van der Waals surface area contributed by atoms with Crippen LogP contribution >= 0.6 is 0 Å². The highest BCUT2D eigenvalue weighted by molar-refractivity contribution is 5.95. The van der Waals surface area contributed by atoms with Gasteiger partial charge in [-0.2, -0.15) is 0 Å². The average molecular weight is 243 g/mol. The van der Waals surface area contributed by atoms with E-state index in [9.17, 15) is 4.79 Å². The summed E-state index contributed by atoms with van der Waals surface area (Å²) in [5.74, 6) is 1.11. The zero-order valence-corrected chi connectivity index (χ0v) is 10.6. The van der Waals surface area contributed by atoms with Gasteiger partial charge in [-0.05, 0) is 31.1 Å². The van der Waals surface area contributed by atoms with Gasteiger partial charge in [0.05, 0.1) is 18.3 Å². The third kappa shape index (κ3) is 1.62. The summed E-state index contributed by atoms with van der Waals surface area (Å²) in [4.78, 5) is 13.9. The summed E-state index contributed by atoms with van der Waals surface area (Å²) < 4.78 is 5.44. The van der Waals surface area contributed by atoms with Crippen LogP contribution in [0.25, 0.3) is 0 Å². The molecule has 18 heavy (non-hydrogen) atoms. The molecule has 1 unspecified atom stereocenters. The van der Waals surface area contributed by atoms with Crippen LogP contribution in [0.15, 0.2) is 36.4 Å². The van der Waals surface area contributed by atoms with E-state index in [4.69, 9.17) is 4.74 Å². The fourth-order valence-electron chi connectivity index (χ4n) is 3.14. The maximum absolute atomic E-state index is 11.6. The van der Waals surface area contributed by atoms with E-state index in [1.165, 1.54) is 0 Å². The molecular weight excluding hydrogens is 226 g/mol. The van der Waals surface area contributed by atoms with Crippen LogP contribution in [0.3, 0.4) is 0 Å². The van der Waals surface area contributed by atoms with Gasteiger partial charge in [-0.15, -0.1) is 0 Å². The lowest BCUT2D eigenvalue weighted by Crippen LogP contribution is -2.41. The van der Waals surface area contributed by atoms with E-state index in [2.05, 4.69) is 17.0 Å². The highest BCUT2D eigenvalue weighted by atomic mass is 16.5. The number of benzene rings is 1. The van der Waals surface area contributed by atoms with E-state index < -0.39 is 0 Å². The number of hydrogen-bond donors (Lipinski definition) is 0. The number of carbonyl (C=O) groups excluding carboxylic acids is 1. The summed E-state index contributed by atoms with van der Waals surface area (Å²) >= 11 is 0. The van der Waals surface area contributed by atoms with Crippen LogP contribution in [0.5, 0.6) is 5.75 Å². The Bertz CT molecular complexity index is 509. The molecule has 1 aromatic rings. The van der Waals surface area contributed by atoms with Crippen LogP contribution < -0.4 is 9.64 Å². The van der Waals surface area contributed by atoms with Crippen molar-refractivity contribution < 1.29 is 9.53 Å². The predicted octanol–water partition coefficient (Wildman–Crippen LogP) is 2.56. The summed E-state index contributed by atoms with van der Waals surface area (Å²) in [7, 11) is 1.69. The smallest absolute Gasteiger partial charge is 0.158 e. The molecular formula is C15H17NO2. The number of methoxy groups -OCH3 is 1. The number of para-hydroxylation sites is 2. The Morgan fingerprint density at radius 1 is 1.33 bits per heavy atom. The van der Waals surface area contributed by atoms with Crippen molar-refractivity contribution in [2.75, 3.05) is 18.6 Å². The van der Waals surface area contributed by atoms with Gasteiger partial charge < -0.3 is 9.64 Å². The monoisotopic (exact) mass is 243 g/mol. The van der Waals surface area contributed by atoms with Crippen molar-refractivity contribution in [3.63, 3.8) is 0 Å². The topological polar surface area (TPSA) is 29.5 Å². The molecule has 1 atom stereocenters. The molecule has 1 heterocycles. The number of ether oxygens (including phenoxy) is 1. The van der Waals surface area contributed by atoms with Gasteiger partial charge in [0, 0.05) is 13.0 Å². The van der Waals surface area contributed by atoms with E-state index in [1.54, 1.807) is 13.2 Å². The van der Waals surface area contributed by atoms with Crippen molar-refractivity contribution in [3.8, 4) is 5.75 Å². The van der Waals surface area contributed by atoms with E-state index in [0.717, 1.165) is 30.8 Å². The normalized spacial score (nSPS) is 26.3. The van der Waals surface area contributed by atoms with E-state index >= 15 is 0 Å². The average Bonchev–Trinajstić information content (AvgIpc) is 2.97. The molecule has 0 saturated carbocycles. The maximum atomic E-state index is 11.6. The largest absolute Gasteiger partial charge is 0.495 e. The molecule has 0 radical (unpaired) electrons. The van der Waals surface area contributed by atoms with Crippen molar-refractivity contribution in [2.24, 2.45) is 0 Å². The van der Waals surface area contributed by atoms with Crippen LogP contribution in [-0.4, -0.2) is 25.0 Å². The molecule has 3 heteroatoms. The molecule has 0 amide bonds. The second-order valence-corrected chi connectivity index (χ2v) is 5.01. The number of rotatable bonds is 2. The molecule has 3 rings (SSSR count). The summed E-state index contributed by atoms with van der Waals surface area (Å²) in [6, 6.07) is 8.04. The third-order valence-corrected chi connectivity index (χ3v) is 3.96. The molecule has 1 spiro atoms. The van der Waals surface area contributed by atoms with Crippen LogP contribution in [0.4, 0.5) is 5.69 Å².